The van der Waals surface area contributed by atoms with E-state index in [9.17, 15) is 10.1 Å². The lowest BCUT2D eigenvalue weighted by atomic mass is 10.0. The number of hydrogen-bond donors (Lipinski definition) is 1. The molecule has 144 valence electrons. The largest absolute Gasteiger partial charge is 0.340 e. The van der Waals surface area contributed by atoms with Gasteiger partial charge in [-0.3, -0.25) is 10.1 Å². The Morgan fingerprint density at radius 2 is 1.93 bits per heavy atom. The molecule has 2 aromatic heterocycles. The van der Waals surface area contributed by atoms with E-state index in [4.69, 9.17) is 11.6 Å². The highest BCUT2D eigenvalue weighted by atomic mass is 35.5. The maximum Gasteiger partial charge on any atom is 0.252 e. The first-order valence-corrected chi connectivity index (χ1v) is 9.26. The number of anilines is 2. The van der Waals surface area contributed by atoms with Gasteiger partial charge >= 0.3 is 0 Å². The molecule has 28 heavy (non-hydrogen) atoms. The van der Waals surface area contributed by atoms with Crippen LogP contribution in [0.5, 0.6) is 0 Å². The third kappa shape index (κ3) is 4.34. The van der Waals surface area contributed by atoms with Crippen LogP contribution < -0.4 is 5.32 Å². The monoisotopic (exact) mass is 398 g/mol. The van der Waals surface area contributed by atoms with Crippen molar-refractivity contribution >= 4 is 29.2 Å². The van der Waals surface area contributed by atoms with Crippen LogP contribution in [0.15, 0.2) is 48.4 Å². The lowest BCUT2D eigenvalue weighted by Crippen LogP contribution is -2.05. The van der Waals surface area contributed by atoms with E-state index in [2.05, 4.69) is 20.4 Å². The van der Waals surface area contributed by atoms with Gasteiger partial charge in [0.25, 0.3) is 5.95 Å². The summed E-state index contributed by atoms with van der Waals surface area (Å²) in [7, 11) is 0. The van der Waals surface area contributed by atoms with Crippen LogP contribution in [0.3, 0.4) is 0 Å². The number of fused-ring (bicyclic) bond motifs is 1. The first-order valence-electron chi connectivity index (χ1n) is 8.88. The summed E-state index contributed by atoms with van der Waals surface area (Å²) in [4.78, 5) is 19.3. The third-order valence-corrected chi connectivity index (χ3v) is 4.23. The molecule has 1 N–H and O–H groups in total. The highest BCUT2D eigenvalue weighted by Gasteiger charge is 2.21. The van der Waals surface area contributed by atoms with Gasteiger partial charge in [0.05, 0.1) is 10.6 Å². The van der Waals surface area contributed by atoms with Crippen LogP contribution in [-0.4, -0.2) is 24.7 Å². The summed E-state index contributed by atoms with van der Waals surface area (Å²) in [5.41, 5.74) is 2.54. The smallest absolute Gasteiger partial charge is 0.252 e. The van der Waals surface area contributed by atoms with Crippen LogP contribution in [0.4, 0.5) is 11.5 Å². The Morgan fingerprint density at radius 1 is 1.18 bits per heavy atom. The summed E-state index contributed by atoms with van der Waals surface area (Å²) in [6.07, 6.45) is 5.91. The molecule has 3 aromatic rings. The standard InChI is InChI=1S/C17H13ClN6O2.C2H6/c18-12-2-4-13(5-3-12)20-16-7-8-19-17(21-16)23-10-11-1-6-14(24(25)26)9-15(11)22-23;1-2/h2-5,7-10H,1,6H2,(H,19,20,21);1-2H3. The van der Waals surface area contributed by atoms with E-state index in [0.29, 0.717) is 35.3 Å². The number of allylic oxidation sites excluding steroid dienone is 1. The molecule has 1 aliphatic carbocycles. The highest BCUT2D eigenvalue weighted by Crippen LogP contribution is 2.24. The second-order valence-corrected chi connectivity index (χ2v) is 6.19. The van der Waals surface area contributed by atoms with Crippen LogP contribution in [0, 0.1) is 10.1 Å². The molecule has 4 rings (SSSR count). The Labute approximate surface area is 167 Å². The molecule has 0 radical (unpaired) electrons. The van der Waals surface area contributed by atoms with Gasteiger partial charge in [0, 0.05) is 35.6 Å². The number of benzene rings is 1. The Balaban J connectivity index is 0.00000109. The summed E-state index contributed by atoms with van der Waals surface area (Å²) in [6, 6.07) is 9.01. The zero-order valence-electron chi connectivity index (χ0n) is 15.5. The van der Waals surface area contributed by atoms with Crippen molar-refractivity contribution in [3.63, 3.8) is 0 Å². The topological polar surface area (TPSA) is 98.8 Å². The van der Waals surface area contributed by atoms with Crippen molar-refractivity contribution in [1.29, 1.82) is 0 Å². The molecule has 0 unspecified atom stereocenters. The van der Waals surface area contributed by atoms with Gasteiger partial charge in [0.2, 0.25) is 5.70 Å². The summed E-state index contributed by atoms with van der Waals surface area (Å²) in [5, 5.41) is 19.1. The molecule has 0 fully saturated rings. The van der Waals surface area contributed by atoms with E-state index in [-0.39, 0.29) is 10.6 Å². The van der Waals surface area contributed by atoms with Gasteiger partial charge in [-0.05, 0) is 42.3 Å². The molecular formula is C19H19ClN6O2. The van der Waals surface area contributed by atoms with Crippen LogP contribution in [0.2, 0.25) is 5.02 Å². The first kappa shape index (κ1) is 19.5. The Kier molecular flexibility index (Phi) is 6.00. The predicted molar refractivity (Wildman–Crippen MR) is 109 cm³/mol. The molecule has 0 saturated carbocycles. The summed E-state index contributed by atoms with van der Waals surface area (Å²) in [5.74, 6) is 0.988. The molecule has 0 saturated heterocycles. The number of nitrogens with one attached hydrogen (secondary N) is 1. The van der Waals surface area contributed by atoms with Gasteiger partial charge in [-0.1, -0.05) is 25.4 Å². The molecule has 9 heteroatoms. The highest BCUT2D eigenvalue weighted by molar-refractivity contribution is 6.30. The van der Waals surface area contributed by atoms with Gasteiger partial charge in [-0.25, -0.2) is 9.67 Å². The molecule has 1 aromatic carbocycles. The Hall–Kier alpha value is -3.26. The molecule has 2 heterocycles. The maximum absolute atomic E-state index is 10.9. The van der Waals surface area contributed by atoms with Crippen molar-refractivity contribution < 1.29 is 4.92 Å². The van der Waals surface area contributed by atoms with Crippen LogP contribution >= 0.6 is 11.6 Å². The van der Waals surface area contributed by atoms with Crippen molar-refractivity contribution in [3.05, 3.63) is 74.8 Å². The second-order valence-electron chi connectivity index (χ2n) is 5.75. The molecule has 0 amide bonds. The lowest BCUT2D eigenvalue weighted by Gasteiger charge is -2.06. The maximum atomic E-state index is 10.9. The van der Waals surface area contributed by atoms with Crippen molar-refractivity contribution in [2.45, 2.75) is 26.7 Å². The normalized spacial score (nSPS) is 12.3. The minimum Gasteiger partial charge on any atom is -0.340 e. The van der Waals surface area contributed by atoms with Gasteiger partial charge in [-0.2, -0.15) is 10.1 Å². The fraction of sp³-hybridized carbons (Fsp3) is 0.211. The molecule has 8 nitrogen and oxygen atoms in total. The second kappa shape index (κ2) is 8.62. The van der Waals surface area contributed by atoms with Gasteiger partial charge < -0.3 is 5.32 Å². The first-order chi connectivity index (χ1) is 13.6. The number of nitrogens with zero attached hydrogens (tertiary/aromatic N) is 5. The number of aromatic nitrogens is 4. The number of rotatable bonds is 4. The van der Waals surface area contributed by atoms with Crippen molar-refractivity contribution in [1.82, 2.24) is 19.7 Å². The quantitative estimate of drug-likeness (QED) is 0.507. The minimum atomic E-state index is -0.366. The van der Waals surface area contributed by atoms with Crippen molar-refractivity contribution in [2.24, 2.45) is 0 Å². The summed E-state index contributed by atoms with van der Waals surface area (Å²) in [6.45, 7) is 4.00. The number of aryl methyl sites for hydroxylation is 1. The average molecular weight is 399 g/mol. The fourth-order valence-electron chi connectivity index (χ4n) is 2.69. The zero-order chi connectivity index (χ0) is 20.1. The lowest BCUT2D eigenvalue weighted by molar-refractivity contribution is -0.426. The number of hydrogen-bond acceptors (Lipinski definition) is 6. The number of nitro groups is 1. The van der Waals surface area contributed by atoms with Crippen molar-refractivity contribution in [2.75, 3.05) is 5.32 Å². The number of halogens is 1. The van der Waals surface area contributed by atoms with Crippen molar-refractivity contribution in [3.8, 4) is 5.95 Å². The molecule has 0 atom stereocenters. The van der Waals surface area contributed by atoms with E-state index >= 15 is 0 Å². The van der Waals surface area contributed by atoms with E-state index in [1.807, 2.05) is 32.2 Å². The van der Waals surface area contributed by atoms with E-state index < -0.39 is 0 Å². The van der Waals surface area contributed by atoms with Crippen LogP contribution in [-0.2, 0) is 6.42 Å². The fourth-order valence-corrected chi connectivity index (χ4v) is 2.81. The summed E-state index contributed by atoms with van der Waals surface area (Å²) >= 11 is 5.89. The van der Waals surface area contributed by atoms with Gasteiger partial charge in [0.1, 0.15) is 5.82 Å². The predicted octanol–water partition coefficient (Wildman–Crippen LogP) is 4.65. The minimum absolute atomic E-state index is 0.168. The van der Waals surface area contributed by atoms with Gasteiger partial charge in [-0.15, -0.1) is 0 Å². The molecule has 0 spiro atoms. The Morgan fingerprint density at radius 3 is 2.64 bits per heavy atom. The van der Waals surface area contributed by atoms with Crippen LogP contribution in [0.25, 0.3) is 12.0 Å². The zero-order valence-corrected chi connectivity index (χ0v) is 16.2. The molecular weight excluding hydrogens is 380 g/mol. The van der Waals surface area contributed by atoms with E-state index in [1.54, 1.807) is 24.4 Å². The SMILES string of the molecule is CC.O=[N+]([O-])C1=Cc2nn(-c3nccc(Nc4ccc(Cl)cc4)n3)cc2CC1. The average Bonchev–Trinajstić information content (AvgIpc) is 3.15. The van der Waals surface area contributed by atoms with E-state index in [0.717, 1.165) is 11.3 Å². The van der Waals surface area contributed by atoms with Crippen LogP contribution in [0.1, 0.15) is 31.5 Å². The summed E-state index contributed by atoms with van der Waals surface area (Å²) < 4.78 is 1.54. The third-order valence-electron chi connectivity index (χ3n) is 3.98. The molecule has 0 bridgehead atoms. The van der Waals surface area contributed by atoms with Gasteiger partial charge in [0.15, 0.2) is 0 Å². The molecule has 0 aliphatic heterocycles. The molecule has 1 aliphatic rings. The van der Waals surface area contributed by atoms with E-state index in [1.165, 1.54) is 10.8 Å². The Bertz CT molecular complexity index is 1010.